The normalized spacial score (nSPS) is 9.18. The zero-order chi connectivity index (χ0) is 8.27. The van der Waals surface area contributed by atoms with Gasteiger partial charge in [0, 0.05) is 11.5 Å². The quantitative estimate of drug-likeness (QED) is 0.671. The molecule has 4 nitrogen and oxygen atoms in total. The molecule has 0 aliphatic carbocycles. The topological polar surface area (TPSA) is 54.9 Å². The lowest BCUT2D eigenvalue weighted by atomic mass is 10.6. The number of carbonyl (C=O) groups is 1. The lowest BCUT2D eigenvalue weighted by Crippen LogP contribution is -2.06. The standard InChI is InChI=1S/C6H7N3OS/c1-3-5(10)8-6-7-4(2)9-11-6/h3H,1H2,2H3,(H,7,8,9,10). The third kappa shape index (κ3) is 2.12. The fourth-order valence-corrected chi connectivity index (χ4v) is 1.08. The van der Waals surface area contributed by atoms with Gasteiger partial charge in [-0.25, -0.2) is 4.98 Å². The second kappa shape index (κ2) is 3.25. The summed E-state index contributed by atoms with van der Waals surface area (Å²) in [7, 11) is 0. The molecule has 0 spiro atoms. The van der Waals surface area contributed by atoms with E-state index in [-0.39, 0.29) is 5.91 Å². The third-order valence-electron chi connectivity index (χ3n) is 0.943. The molecule has 0 aliphatic heterocycles. The number of carbonyl (C=O) groups excluding carboxylic acids is 1. The zero-order valence-corrected chi connectivity index (χ0v) is 6.81. The Balaban J connectivity index is 2.64. The molecule has 58 valence electrons. The van der Waals surface area contributed by atoms with Crippen molar-refractivity contribution in [3.8, 4) is 0 Å². The monoisotopic (exact) mass is 169 g/mol. The fourth-order valence-electron chi connectivity index (χ4n) is 0.504. The molecule has 1 amide bonds. The van der Waals surface area contributed by atoms with Crippen molar-refractivity contribution in [1.29, 1.82) is 0 Å². The molecule has 5 heteroatoms. The average molecular weight is 169 g/mol. The van der Waals surface area contributed by atoms with E-state index < -0.39 is 0 Å². The molecule has 0 saturated carbocycles. The number of aryl methyl sites for hydroxylation is 1. The molecule has 1 rings (SSSR count). The Morgan fingerprint density at radius 2 is 2.55 bits per heavy atom. The summed E-state index contributed by atoms with van der Waals surface area (Å²) in [4.78, 5) is 14.6. The van der Waals surface area contributed by atoms with Crippen molar-refractivity contribution < 1.29 is 4.79 Å². The summed E-state index contributed by atoms with van der Waals surface area (Å²) >= 11 is 1.15. The predicted molar refractivity (Wildman–Crippen MR) is 43.5 cm³/mol. The van der Waals surface area contributed by atoms with E-state index in [0.29, 0.717) is 11.0 Å². The first-order valence-corrected chi connectivity index (χ1v) is 3.73. The van der Waals surface area contributed by atoms with Crippen molar-refractivity contribution in [2.24, 2.45) is 0 Å². The fraction of sp³-hybridized carbons (Fsp3) is 0.167. The SMILES string of the molecule is C=CC(=O)Nc1nc(C)ns1. The van der Waals surface area contributed by atoms with Crippen LogP contribution in [0.15, 0.2) is 12.7 Å². The maximum Gasteiger partial charge on any atom is 0.249 e. The van der Waals surface area contributed by atoms with Crippen LogP contribution in [-0.4, -0.2) is 15.3 Å². The van der Waals surface area contributed by atoms with Crippen LogP contribution in [0.4, 0.5) is 5.13 Å². The van der Waals surface area contributed by atoms with Gasteiger partial charge in [0.2, 0.25) is 11.0 Å². The van der Waals surface area contributed by atoms with Gasteiger partial charge in [0.1, 0.15) is 5.82 Å². The largest absolute Gasteiger partial charge is 0.297 e. The third-order valence-corrected chi connectivity index (χ3v) is 1.66. The van der Waals surface area contributed by atoms with Crippen molar-refractivity contribution in [2.75, 3.05) is 5.32 Å². The van der Waals surface area contributed by atoms with E-state index in [4.69, 9.17) is 0 Å². The van der Waals surface area contributed by atoms with Gasteiger partial charge < -0.3 is 0 Å². The maximum absolute atomic E-state index is 10.7. The first-order chi connectivity index (χ1) is 5.22. The maximum atomic E-state index is 10.7. The summed E-state index contributed by atoms with van der Waals surface area (Å²) in [5.41, 5.74) is 0. The van der Waals surface area contributed by atoms with E-state index in [1.807, 2.05) is 0 Å². The van der Waals surface area contributed by atoms with E-state index in [2.05, 4.69) is 21.3 Å². The Morgan fingerprint density at radius 1 is 1.82 bits per heavy atom. The molecule has 1 aromatic heterocycles. The minimum atomic E-state index is -0.263. The van der Waals surface area contributed by atoms with Crippen molar-refractivity contribution in [1.82, 2.24) is 9.36 Å². The van der Waals surface area contributed by atoms with Crippen molar-refractivity contribution in [3.05, 3.63) is 18.5 Å². The zero-order valence-electron chi connectivity index (χ0n) is 6.00. The van der Waals surface area contributed by atoms with Crippen LogP contribution in [0.1, 0.15) is 5.82 Å². The lowest BCUT2D eigenvalue weighted by Gasteiger charge is -1.91. The highest BCUT2D eigenvalue weighted by Gasteiger charge is 2.00. The Hall–Kier alpha value is -1.23. The highest BCUT2D eigenvalue weighted by atomic mass is 32.1. The van der Waals surface area contributed by atoms with Crippen LogP contribution in [0, 0.1) is 6.92 Å². The molecule has 0 radical (unpaired) electrons. The molecular weight excluding hydrogens is 162 g/mol. The minimum Gasteiger partial charge on any atom is -0.297 e. The minimum absolute atomic E-state index is 0.263. The van der Waals surface area contributed by atoms with E-state index in [1.165, 1.54) is 6.08 Å². The first-order valence-electron chi connectivity index (χ1n) is 2.96. The van der Waals surface area contributed by atoms with Gasteiger partial charge in [0.25, 0.3) is 0 Å². The second-order valence-electron chi connectivity index (χ2n) is 1.84. The molecule has 0 fully saturated rings. The van der Waals surface area contributed by atoms with E-state index in [1.54, 1.807) is 6.92 Å². The summed E-state index contributed by atoms with van der Waals surface area (Å²) in [5, 5.41) is 3.01. The van der Waals surface area contributed by atoms with Crippen LogP contribution in [0.25, 0.3) is 0 Å². The van der Waals surface area contributed by atoms with Gasteiger partial charge in [-0.05, 0) is 13.0 Å². The molecule has 0 aromatic carbocycles. The Labute approximate surface area is 68.1 Å². The second-order valence-corrected chi connectivity index (χ2v) is 2.59. The van der Waals surface area contributed by atoms with Gasteiger partial charge in [-0.15, -0.1) is 0 Å². The van der Waals surface area contributed by atoms with Crippen LogP contribution in [0.2, 0.25) is 0 Å². The summed E-state index contributed by atoms with van der Waals surface area (Å²) in [6.45, 7) is 5.07. The van der Waals surface area contributed by atoms with Crippen molar-refractivity contribution >= 4 is 22.6 Å². The molecule has 11 heavy (non-hydrogen) atoms. The van der Waals surface area contributed by atoms with Crippen molar-refractivity contribution in [3.63, 3.8) is 0 Å². The summed E-state index contributed by atoms with van der Waals surface area (Å²) in [6.07, 6.45) is 1.19. The number of amides is 1. The lowest BCUT2D eigenvalue weighted by molar-refractivity contribution is -0.111. The van der Waals surface area contributed by atoms with Gasteiger partial charge in [-0.3, -0.25) is 10.1 Å². The summed E-state index contributed by atoms with van der Waals surface area (Å²) in [5.74, 6) is 0.399. The molecule has 1 aromatic rings. The first kappa shape index (κ1) is 7.87. The highest BCUT2D eigenvalue weighted by Crippen LogP contribution is 2.09. The van der Waals surface area contributed by atoms with Crippen LogP contribution in [0.3, 0.4) is 0 Å². The number of nitrogens with zero attached hydrogens (tertiary/aromatic N) is 2. The summed E-state index contributed by atoms with van der Waals surface area (Å²) < 4.78 is 3.89. The predicted octanol–water partition coefficient (Wildman–Crippen LogP) is 0.971. The van der Waals surface area contributed by atoms with E-state index in [0.717, 1.165) is 11.5 Å². The molecule has 0 atom stereocenters. The number of hydrogen-bond donors (Lipinski definition) is 1. The highest BCUT2D eigenvalue weighted by molar-refractivity contribution is 7.09. The van der Waals surface area contributed by atoms with E-state index in [9.17, 15) is 4.79 Å². The van der Waals surface area contributed by atoms with E-state index >= 15 is 0 Å². The number of rotatable bonds is 2. The van der Waals surface area contributed by atoms with Crippen LogP contribution in [0.5, 0.6) is 0 Å². The Morgan fingerprint density at radius 3 is 3.00 bits per heavy atom. The number of anilines is 1. The van der Waals surface area contributed by atoms with Crippen LogP contribution >= 0.6 is 11.5 Å². The van der Waals surface area contributed by atoms with Gasteiger partial charge in [-0.2, -0.15) is 4.37 Å². The Bertz CT molecular complexity index is 281. The van der Waals surface area contributed by atoms with Gasteiger partial charge in [-0.1, -0.05) is 6.58 Å². The molecule has 0 saturated heterocycles. The summed E-state index contributed by atoms with van der Waals surface area (Å²) in [6, 6.07) is 0. The molecular formula is C6H7N3OS. The molecule has 1 N–H and O–H groups in total. The molecule has 0 aliphatic rings. The number of nitrogens with one attached hydrogen (secondary N) is 1. The van der Waals surface area contributed by atoms with Crippen LogP contribution in [-0.2, 0) is 4.79 Å². The van der Waals surface area contributed by atoms with Gasteiger partial charge >= 0.3 is 0 Å². The average Bonchev–Trinajstić information content (AvgIpc) is 2.35. The smallest absolute Gasteiger partial charge is 0.249 e. The van der Waals surface area contributed by atoms with Crippen LogP contribution < -0.4 is 5.32 Å². The Kier molecular flexibility index (Phi) is 2.32. The van der Waals surface area contributed by atoms with Crippen molar-refractivity contribution in [2.45, 2.75) is 6.92 Å². The van der Waals surface area contributed by atoms with Gasteiger partial charge in [0.05, 0.1) is 0 Å². The number of aromatic nitrogens is 2. The van der Waals surface area contributed by atoms with Gasteiger partial charge in [0.15, 0.2) is 0 Å². The molecule has 0 bridgehead atoms. The molecule has 1 heterocycles. The molecule has 0 unspecified atom stereocenters. The number of hydrogen-bond acceptors (Lipinski definition) is 4.